The molecule has 0 fully saturated rings. The number of hydrogen-bond acceptors (Lipinski definition) is 7. The Kier molecular flexibility index (Phi) is 4.36. The van der Waals surface area contributed by atoms with Crippen LogP contribution in [0.25, 0.3) is 26.8 Å². The van der Waals surface area contributed by atoms with E-state index >= 15 is 0 Å². The van der Waals surface area contributed by atoms with Gasteiger partial charge in [0.05, 0.1) is 21.5 Å². The van der Waals surface area contributed by atoms with Crippen molar-refractivity contribution in [3.63, 3.8) is 0 Å². The zero-order chi connectivity index (χ0) is 20.0. The summed E-state index contributed by atoms with van der Waals surface area (Å²) in [5.41, 5.74) is 2.16. The number of thiazole rings is 1. The number of nitrogens with one attached hydrogen (secondary N) is 1. The molecule has 0 radical (unpaired) electrons. The molecule has 1 amide bonds. The van der Waals surface area contributed by atoms with Crippen molar-refractivity contribution in [3.8, 4) is 0 Å². The SMILES string of the molecule is Cc1nc2c3ccccc3nc(SCC(=O)Nc3nc4ccc(F)cc4s3)n2n1. The Balaban J connectivity index is 1.38. The number of benzene rings is 2. The van der Waals surface area contributed by atoms with E-state index in [9.17, 15) is 9.18 Å². The summed E-state index contributed by atoms with van der Waals surface area (Å²) in [5, 5.41) is 9.10. The fraction of sp³-hybridized carbons (Fsp3) is 0.105. The summed E-state index contributed by atoms with van der Waals surface area (Å²) < 4.78 is 15.7. The van der Waals surface area contributed by atoms with Gasteiger partial charge in [0.15, 0.2) is 15.9 Å². The molecule has 3 aromatic heterocycles. The largest absolute Gasteiger partial charge is 0.301 e. The standard InChI is InChI=1S/C19H13FN6OS2/c1-10-21-17-12-4-2-3-5-13(12)23-19(26(17)25-10)28-9-16(27)24-18-22-14-7-6-11(20)8-15(14)29-18/h2-8H,9H2,1H3,(H,22,24,27). The number of aryl methyl sites for hydroxylation is 1. The number of nitrogens with zero attached hydrogens (tertiary/aromatic N) is 5. The monoisotopic (exact) mass is 424 g/mol. The molecule has 144 valence electrons. The van der Waals surface area contributed by atoms with Crippen molar-refractivity contribution in [2.24, 2.45) is 0 Å². The Morgan fingerprint density at radius 1 is 1.17 bits per heavy atom. The minimum absolute atomic E-state index is 0.129. The lowest BCUT2D eigenvalue weighted by Gasteiger charge is -2.06. The van der Waals surface area contributed by atoms with Crippen molar-refractivity contribution in [3.05, 3.63) is 54.1 Å². The number of para-hydroxylation sites is 1. The van der Waals surface area contributed by atoms with Crippen LogP contribution in [-0.4, -0.2) is 36.2 Å². The van der Waals surface area contributed by atoms with Gasteiger partial charge in [0.25, 0.3) is 0 Å². The van der Waals surface area contributed by atoms with Gasteiger partial charge in [-0.25, -0.2) is 19.3 Å². The zero-order valence-corrected chi connectivity index (χ0v) is 16.7. The molecule has 1 N–H and O–H groups in total. The molecule has 7 nitrogen and oxygen atoms in total. The van der Waals surface area contributed by atoms with Gasteiger partial charge in [0.2, 0.25) is 5.91 Å². The van der Waals surface area contributed by atoms with E-state index in [4.69, 9.17) is 0 Å². The summed E-state index contributed by atoms with van der Waals surface area (Å²) in [6.45, 7) is 1.82. The molecular formula is C19H13FN6OS2. The number of anilines is 1. The average molecular weight is 424 g/mol. The van der Waals surface area contributed by atoms with Crippen LogP contribution < -0.4 is 5.32 Å². The van der Waals surface area contributed by atoms with Gasteiger partial charge < -0.3 is 5.32 Å². The second-order valence-corrected chi connectivity index (χ2v) is 8.25. The molecule has 29 heavy (non-hydrogen) atoms. The molecule has 5 aromatic rings. The number of halogens is 1. The first kappa shape index (κ1) is 18.0. The van der Waals surface area contributed by atoms with Gasteiger partial charge in [-0.15, -0.1) is 5.10 Å². The third-order valence-corrected chi connectivity index (χ3v) is 6.05. The number of hydrogen-bond donors (Lipinski definition) is 1. The van der Waals surface area contributed by atoms with Gasteiger partial charge in [-0.05, 0) is 37.3 Å². The Morgan fingerprint density at radius 3 is 2.93 bits per heavy atom. The predicted molar refractivity (Wildman–Crippen MR) is 112 cm³/mol. The number of rotatable bonds is 4. The van der Waals surface area contributed by atoms with E-state index in [1.807, 2.05) is 31.2 Å². The van der Waals surface area contributed by atoms with Gasteiger partial charge in [-0.2, -0.15) is 4.52 Å². The number of carbonyl (C=O) groups is 1. The summed E-state index contributed by atoms with van der Waals surface area (Å²) in [4.78, 5) is 25.8. The maximum atomic E-state index is 13.3. The van der Waals surface area contributed by atoms with Gasteiger partial charge in [-0.3, -0.25) is 4.79 Å². The lowest BCUT2D eigenvalue weighted by molar-refractivity contribution is -0.113. The highest BCUT2D eigenvalue weighted by Crippen LogP contribution is 2.27. The first-order chi connectivity index (χ1) is 14.1. The predicted octanol–water partition coefficient (Wildman–Crippen LogP) is 4.07. The molecule has 2 aromatic carbocycles. The second-order valence-electron chi connectivity index (χ2n) is 6.27. The van der Waals surface area contributed by atoms with Crippen LogP contribution in [0.1, 0.15) is 5.82 Å². The van der Waals surface area contributed by atoms with E-state index in [0.717, 1.165) is 10.9 Å². The van der Waals surface area contributed by atoms with Gasteiger partial charge in [-0.1, -0.05) is 35.2 Å². The van der Waals surface area contributed by atoms with Gasteiger partial charge in [0, 0.05) is 5.39 Å². The lowest BCUT2D eigenvalue weighted by atomic mass is 10.2. The van der Waals surface area contributed by atoms with Crippen molar-refractivity contribution >= 4 is 60.9 Å². The van der Waals surface area contributed by atoms with E-state index < -0.39 is 0 Å². The summed E-state index contributed by atoms with van der Waals surface area (Å²) >= 11 is 2.50. The normalized spacial score (nSPS) is 11.5. The van der Waals surface area contributed by atoms with Crippen LogP contribution in [0.2, 0.25) is 0 Å². The first-order valence-corrected chi connectivity index (χ1v) is 10.5. The summed E-state index contributed by atoms with van der Waals surface area (Å²) in [6, 6.07) is 12.0. The van der Waals surface area contributed by atoms with Crippen molar-refractivity contribution in [1.82, 2.24) is 24.6 Å². The van der Waals surface area contributed by atoms with Crippen LogP contribution >= 0.6 is 23.1 Å². The minimum atomic E-state index is -0.330. The number of thioether (sulfide) groups is 1. The Hall–Kier alpha value is -3.11. The topological polar surface area (TPSA) is 85.1 Å². The maximum Gasteiger partial charge on any atom is 0.236 e. The molecule has 0 spiro atoms. The van der Waals surface area contributed by atoms with Crippen LogP contribution in [0, 0.1) is 12.7 Å². The molecule has 0 aliphatic heterocycles. The number of carbonyl (C=O) groups excluding carboxylic acids is 1. The lowest BCUT2D eigenvalue weighted by Crippen LogP contribution is -2.14. The van der Waals surface area contributed by atoms with E-state index in [-0.39, 0.29) is 17.5 Å². The summed E-state index contributed by atoms with van der Waals surface area (Å²) in [7, 11) is 0. The molecule has 3 heterocycles. The van der Waals surface area contributed by atoms with Crippen LogP contribution in [0.5, 0.6) is 0 Å². The Labute approximate surface area is 172 Å². The molecule has 0 unspecified atom stereocenters. The third kappa shape index (κ3) is 3.40. The molecular weight excluding hydrogens is 411 g/mol. The molecule has 0 aliphatic carbocycles. The molecule has 0 atom stereocenters. The third-order valence-electron chi connectivity index (χ3n) is 4.18. The zero-order valence-electron chi connectivity index (χ0n) is 15.1. The Bertz CT molecular complexity index is 1400. The smallest absolute Gasteiger partial charge is 0.236 e. The molecule has 5 rings (SSSR count). The average Bonchev–Trinajstić information content (AvgIpc) is 3.28. The van der Waals surface area contributed by atoms with Crippen LogP contribution in [-0.2, 0) is 4.79 Å². The van der Waals surface area contributed by atoms with E-state index in [1.54, 1.807) is 10.6 Å². The fourth-order valence-corrected chi connectivity index (χ4v) is 4.62. The van der Waals surface area contributed by atoms with Crippen LogP contribution in [0.4, 0.5) is 9.52 Å². The van der Waals surface area contributed by atoms with Crippen molar-refractivity contribution in [1.29, 1.82) is 0 Å². The second kappa shape index (κ2) is 7.05. The molecule has 0 bridgehead atoms. The van der Waals surface area contributed by atoms with Gasteiger partial charge in [0.1, 0.15) is 11.6 Å². The minimum Gasteiger partial charge on any atom is -0.301 e. The van der Waals surface area contributed by atoms with Crippen LogP contribution in [0.3, 0.4) is 0 Å². The van der Waals surface area contributed by atoms with Crippen molar-refractivity contribution in [2.75, 3.05) is 11.1 Å². The summed E-state index contributed by atoms with van der Waals surface area (Å²) in [5.74, 6) is 0.207. The fourth-order valence-electron chi connectivity index (χ4n) is 2.96. The quantitative estimate of drug-likeness (QED) is 0.346. The van der Waals surface area contributed by atoms with E-state index in [1.165, 1.54) is 35.2 Å². The number of aromatic nitrogens is 5. The number of amides is 1. The first-order valence-electron chi connectivity index (χ1n) is 8.68. The van der Waals surface area contributed by atoms with Crippen molar-refractivity contribution in [2.45, 2.75) is 12.1 Å². The highest BCUT2D eigenvalue weighted by atomic mass is 32.2. The van der Waals surface area contributed by atoms with E-state index in [2.05, 4.69) is 25.4 Å². The number of fused-ring (bicyclic) bond motifs is 4. The summed E-state index contributed by atoms with van der Waals surface area (Å²) in [6.07, 6.45) is 0. The maximum absolute atomic E-state index is 13.3. The Morgan fingerprint density at radius 2 is 2.03 bits per heavy atom. The molecule has 0 saturated heterocycles. The molecule has 10 heteroatoms. The molecule has 0 aliphatic rings. The highest BCUT2D eigenvalue weighted by molar-refractivity contribution is 7.99. The van der Waals surface area contributed by atoms with E-state index in [0.29, 0.717) is 32.0 Å². The molecule has 0 saturated carbocycles. The van der Waals surface area contributed by atoms with Crippen LogP contribution in [0.15, 0.2) is 47.6 Å². The van der Waals surface area contributed by atoms with Gasteiger partial charge >= 0.3 is 0 Å². The highest BCUT2D eigenvalue weighted by Gasteiger charge is 2.15. The van der Waals surface area contributed by atoms with Crippen molar-refractivity contribution < 1.29 is 9.18 Å².